The Morgan fingerprint density at radius 1 is 1.19 bits per heavy atom. The number of rotatable bonds is 7. The first-order chi connectivity index (χ1) is 13.1. The standard InChI is InChI=1S/C19H16BrClN4OS/c1-2-11-25-18(26)17(22-16-6-4-3-5-15(16)21)23-24-19(25)27-12-13-7-9-14(20)10-8-13/h2-10H,1,11-12H2,(H,22,23). The van der Waals surface area contributed by atoms with Crippen LogP contribution in [0.2, 0.25) is 5.02 Å². The highest BCUT2D eigenvalue weighted by Gasteiger charge is 2.13. The van der Waals surface area contributed by atoms with Crippen LogP contribution >= 0.6 is 39.3 Å². The van der Waals surface area contributed by atoms with Crippen LogP contribution in [0.25, 0.3) is 0 Å². The second kappa shape index (κ2) is 9.21. The summed E-state index contributed by atoms with van der Waals surface area (Å²) in [5, 5.41) is 12.3. The number of nitrogens with zero attached hydrogens (tertiary/aromatic N) is 3. The molecule has 3 rings (SSSR count). The van der Waals surface area contributed by atoms with Crippen LogP contribution in [0, 0.1) is 0 Å². The minimum absolute atomic E-state index is 0.123. The van der Waals surface area contributed by atoms with Gasteiger partial charge in [-0.15, -0.1) is 16.8 Å². The number of hydrogen-bond acceptors (Lipinski definition) is 5. The van der Waals surface area contributed by atoms with E-state index in [9.17, 15) is 4.79 Å². The van der Waals surface area contributed by atoms with Crippen LogP contribution in [-0.4, -0.2) is 14.8 Å². The Balaban J connectivity index is 1.85. The van der Waals surface area contributed by atoms with Crippen LogP contribution in [0.15, 0.2) is 75.6 Å². The smallest absolute Gasteiger partial charge is 0.297 e. The first-order valence-electron chi connectivity index (χ1n) is 8.05. The van der Waals surface area contributed by atoms with Crippen LogP contribution in [0.3, 0.4) is 0 Å². The Bertz CT molecular complexity index is 1010. The summed E-state index contributed by atoms with van der Waals surface area (Å²) < 4.78 is 2.57. The van der Waals surface area contributed by atoms with Crippen molar-refractivity contribution < 1.29 is 0 Å². The van der Waals surface area contributed by atoms with E-state index in [4.69, 9.17) is 11.6 Å². The molecule has 0 aliphatic heterocycles. The Hall–Kier alpha value is -2.09. The molecule has 0 aliphatic carbocycles. The van der Waals surface area contributed by atoms with Crippen molar-refractivity contribution in [3.05, 3.63) is 86.6 Å². The van der Waals surface area contributed by atoms with Gasteiger partial charge in [-0.05, 0) is 29.8 Å². The van der Waals surface area contributed by atoms with Gasteiger partial charge in [-0.1, -0.05) is 69.6 Å². The first-order valence-corrected chi connectivity index (χ1v) is 10.2. The maximum Gasteiger partial charge on any atom is 0.297 e. The second-order valence-corrected chi connectivity index (χ2v) is 7.82. The first kappa shape index (κ1) is 19.7. The fourth-order valence-electron chi connectivity index (χ4n) is 2.30. The van der Waals surface area contributed by atoms with Gasteiger partial charge < -0.3 is 5.32 Å². The summed E-state index contributed by atoms with van der Waals surface area (Å²) in [4.78, 5) is 12.8. The molecule has 27 heavy (non-hydrogen) atoms. The third-order valence-corrected chi connectivity index (χ3v) is 5.53. The minimum atomic E-state index is -0.275. The van der Waals surface area contributed by atoms with Gasteiger partial charge in [-0.3, -0.25) is 9.36 Å². The summed E-state index contributed by atoms with van der Waals surface area (Å²) in [6, 6.07) is 15.2. The Morgan fingerprint density at radius 2 is 1.93 bits per heavy atom. The lowest BCUT2D eigenvalue weighted by molar-refractivity contribution is 0.626. The molecule has 1 aromatic heterocycles. The van der Waals surface area contributed by atoms with Crippen LogP contribution in [0.5, 0.6) is 0 Å². The number of allylic oxidation sites excluding steroid dienone is 1. The SMILES string of the molecule is C=CCn1c(SCc2ccc(Br)cc2)nnc(Nc2ccccc2Cl)c1=O. The van der Waals surface area contributed by atoms with Crippen molar-refractivity contribution in [1.82, 2.24) is 14.8 Å². The van der Waals surface area contributed by atoms with E-state index >= 15 is 0 Å². The summed E-state index contributed by atoms with van der Waals surface area (Å²) in [5.74, 6) is 0.800. The van der Waals surface area contributed by atoms with Crippen molar-refractivity contribution in [3.63, 3.8) is 0 Å². The molecule has 0 bridgehead atoms. The van der Waals surface area contributed by atoms with Crippen molar-refractivity contribution in [1.29, 1.82) is 0 Å². The van der Waals surface area contributed by atoms with E-state index in [1.807, 2.05) is 36.4 Å². The zero-order chi connectivity index (χ0) is 19.2. The molecule has 0 atom stereocenters. The van der Waals surface area contributed by atoms with Gasteiger partial charge in [-0.2, -0.15) is 0 Å². The average molecular weight is 464 g/mol. The Labute approximate surface area is 174 Å². The highest BCUT2D eigenvalue weighted by atomic mass is 79.9. The van der Waals surface area contributed by atoms with Gasteiger partial charge in [0.05, 0.1) is 10.7 Å². The summed E-state index contributed by atoms with van der Waals surface area (Å²) in [6.45, 7) is 4.07. The van der Waals surface area contributed by atoms with E-state index in [2.05, 4.69) is 38.0 Å². The molecule has 0 radical (unpaired) electrons. The summed E-state index contributed by atoms with van der Waals surface area (Å²) >= 11 is 11.0. The Morgan fingerprint density at radius 3 is 2.63 bits per heavy atom. The van der Waals surface area contributed by atoms with Crippen molar-refractivity contribution in [2.75, 3.05) is 5.32 Å². The van der Waals surface area contributed by atoms with E-state index in [-0.39, 0.29) is 11.4 Å². The van der Waals surface area contributed by atoms with E-state index in [0.717, 1.165) is 10.0 Å². The van der Waals surface area contributed by atoms with Gasteiger partial charge in [0.15, 0.2) is 5.16 Å². The number of halogens is 2. The van der Waals surface area contributed by atoms with Gasteiger partial charge >= 0.3 is 0 Å². The summed E-state index contributed by atoms with van der Waals surface area (Å²) in [5.41, 5.74) is 1.45. The molecule has 0 saturated carbocycles. The summed E-state index contributed by atoms with van der Waals surface area (Å²) in [6.07, 6.45) is 1.66. The molecule has 0 spiro atoms. The lowest BCUT2D eigenvalue weighted by atomic mass is 10.2. The maximum atomic E-state index is 12.8. The number of anilines is 2. The molecule has 3 aromatic rings. The summed E-state index contributed by atoms with van der Waals surface area (Å²) in [7, 11) is 0. The zero-order valence-electron chi connectivity index (χ0n) is 14.2. The largest absolute Gasteiger partial charge is 0.333 e. The fourth-order valence-corrected chi connectivity index (χ4v) is 3.65. The molecule has 0 fully saturated rings. The third kappa shape index (κ3) is 5.00. The van der Waals surface area contributed by atoms with E-state index in [1.54, 1.807) is 22.8 Å². The molecule has 1 N–H and O–H groups in total. The number of thioether (sulfide) groups is 1. The molecule has 5 nitrogen and oxygen atoms in total. The van der Waals surface area contributed by atoms with Crippen LogP contribution < -0.4 is 10.9 Å². The molecule has 0 aliphatic rings. The number of nitrogens with one attached hydrogen (secondary N) is 1. The van der Waals surface area contributed by atoms with Gasteiger partial charge in [0.2, 0.25) is 5.82 Å². The molecule has 138 valence electrons. The highest BCUT2D eigenvalue weighted by molar-refractivity contribution is 9.10. The van der Waals surface area contributed by atoms with Crippen LogP contribution in [-0.2, 0) is 12.3 Å². The predicted octanol–water partition coefficient (Wildman–Crippen LogP) is 5.28. The molecular formula is C19H16BrClN4OS. The lowest BCUT2D eigenvalue weighted by Gasteiger charge is -2.12. The number of benzene rings is 2. The molecule has 1 heterocycles. The van der Waals surface area contributed by atoms with Gasteiger partial charge in [0.25, 0.3) is 5.56 Å². The maximum absolute atomic E-state index is 12.8. The molecule has 2 aromatic carbocycles. The molecular weight excluding hydrogens is 448 g/mol. The number of aromatic nitrogens is 3. The van der Waals surface area contributed by atoms with Crippen molar-refractivity contribution in [2.45, 2.75) is 17.5 Å². The molecule has 0 amide bonds. The molecule has 8 heteroatoms. The minimum Gasteiger partial charge on any atom is -0.333 e. The van der Waals surface area contributed by atoms with E-state index in [1.165, 1.54) is 11.8 Å². The van der Waals surface area contributed by atoms with Gasteiger partial charge in [0, 0.05) is 16.8 Å². The molecule has 0 saturated heterocycles. The van der Waals surface area contributed by atoms with Crippen molar-refractivity contribution in [3.8, 4) is 0 Å². The highest BCUT2D eigenvalue weighted by Crippen LogP contribution is 2.24. The zero-order valence-corrected chi connectivity index (χ0v) is 17.4. The molecule has 0 unspecified atom stereocenters. The topological polar surface area (TPSA) is 59.8 Å². The predicted molar refractivity (Wildman–Crippen MR) is 115 cm³/mol. The second-order valence-electron chi connectivity index (χ2n) is 5.56. The third-order valence-electron chi connectivity index (χ3n) is 3.63. The average Bonchev–Trinajstić information content (AvgIpc) is 2.67. The number of hydrogen-bond donors (Lipinski definition) is 1. The van der Waals surface area contributed by atoms with Gasteiger partial charge in [0.1, 0.15) is 0 Å². The monoisotopic (exact) mass is 462 g/mol. The Kier molecular flexibility index (Phi) is 6.71. The van der Waals surface area contributed by atoms with Crippen molar-refractivity contribution >= 4 is 50.8 Å². The fraction of sp³-hybridized carbons (Fsp3) is 0.105. The van der Waals surface area contributed by atoms with E-state index < -0.39 is 0 Å². The normalized spacial score (nSPS) is 10.6. The van der Waals surface area contributed by atoms with E-state index in [0.29, 0.717) is 28.2 Å². The number of para-hydroxylation sites is 1. The van der Waals surface area contributed by atoms with Crippen LogP contribution in [0.1, 0.15) is 5.56 Å². The quantitative estimate of drug-likeness (QED) is 0.382. The lowest BCUT2D eigenvalue weighted by Crippen LogP contribution is -2.26. The van der Waals surface area contributed by atoms with Gasteiger partial charge in [-0.25, -0.2) is 0 Å². The van der Waals surface area contributed by atoms with Crippen molar-refractivity contribution in [2.24, 2.45) is 0 Å². The van der Waals surface area contributed by atoms with Crippen LogP contribution in [0.4, 0.5) is 11.5 Å².